The van der Waals surface area contributed by atoms with Crippen molar-refractivity contribution in [2.24, 2.45) is 0 Å². The minimum atomic E-state index is 1.13. The number of nitrogens with zero attached hydrogens (tertiary/aromatic N) is 4. The summed E-state index contributed by atoms with van der Waals surface area (Å²) < 4.78 is 9.63. The van der Waals surface area contributed by atoms with E-state index < -0.39 is 0 Å². The van der Waals surface area contributed by atoms with Gasteiger partial charge in [-0.2, -0.15) is 0 Å². The molecule has 23 rings (SSSR count). The highest BCUT2D eigenvalue weighted by atomic mass is 15.0. The van der Waals surface area contributed by atoms with Gasteiger partial charge in [-0.05, 0) is 234 Å². The van der Waals surface area contributed by atoms with E-state index in [2.05, 4.69) is 479 Å². The Balaban J connectivity index is 0.000000143. The molecule has 0 bridgehead atoms. The Hall–Kier alpha value is -15.6. The number of para-hydroxylation sites is 6. The summed E-state index contributed by atoms with van der Waals surface area (Å²) in [6.07, 6.45) is 0. The lowest BCUT2D eigenvalue weighted by molar-refractivity contribution is 1.17. The number of hydrogen-bond acceptors (Lipinski definition) is 0. The second kappa shape index (κ2) is 29.4. The smallest absolute Gasteiger partial charge is 0.0542 e. The maximum atomic E-state index is 2.41. The molecule has 0 aliphatic rings. The maximum Gasteiger partial charge on any atom is 0.0542 e. The van der Waals surface area contributed by atoms with Gasteiger partial charge in [-0.25, -0.2) is 0 Å². The molecule has 0 radical (unpaired) electrons. The molecule has 0 unspecified atom stereocenters. The number of fused-ring (bicyclic) bond motifs is 12. The molecule has 23 aromatic rings. The van der Waals surface area contributed by atoms with Crippen molar-refractivity contribution < 1.29 is 0 Å². The molecule has 0 saturated carbocycles. The van der Waals surface area contributed by atoms with E-state index in [9.17, 15) is 0 Å². The van der Waals surface area contributed by atoms with Crippen molar-refractivity contribution in [2.75, 3.05) is 0 Å². The Morgan fingerprint density at radius 2 is 0.246 bits per heavy atom. The van der Waals surface area contributed by atoms with Crippen LogP contribution < -0.4 is 0 Å². The fourth-order valence-corrected chi connectivity index (χ4v) is 18.1. The molecule has 0 saturated heterocycles. The van der Waals surface area contributed by atoms with E-state index in [1.165, 1.54) is 187 Å². The normalized spacial score (nSPS) is 11.6. The molecule has 0 spiro atoms. The molecule has 0 aliphatic carbocycles. The molecule has 0 fully saturated rings. The van der Waals surface area contributed by atoms with Crippen molar-refractivity contribution in [1.29, 1.82) is 0 Å². The van der Waals surface area contributed by atoms with Crippen LogP contribution in [0.5, 0.6) is 0 Å². The number of hydrogen-bond donors (Lipinski definition) is 0. The molecule has 4 aromatic heterocycles. The van der Waals surface area contributed by atoms with Crippen LogP contribution in [0, 0.1) is 0 Å². The number of rotatable bonds is 13. The first-order chi connectivity index (χ1) is 58.5. The zero-order chi connectivity index (χ0) is 78.0. The van der Waals surface area contributed by atoms with Crippen LogP contribution in [0.15, 0.2) is 461 Å². The van der Waals surface area contributed by atoms with Gasteiger partial charge in [0.15, 0.2) is 0 Å². The van der Waals surface area contributed by atoms with Crippen LogP contribution in [-0.4, -0.2) is 18.3 Å². The number of benzene rings is 19. The van der Waals surface area contributed by atoms with Crippen LogP contribution in [0.3, 0.4) is 0 Å². The summed E-state index contributed by atoms with van der Waals surface area (Å²) in [5.41, 5.74) is 35.9. The van der Waals surface area contributed by atoms with E-state index in [4.69, 9.17) is 0 Å². The fourth-order valence-electron chi connectivity index (χ4n) is 18.1. The average molecular weight is 1500 g/mol. The van der Waals surface area contributed by atoms with Crippen molar-refractivity contribution in [3.8, 4) is 123 Å². The highest BCUT2D eigenvalue weighted by Gasteiger charge is 2.21. The third-order valence-electron chi connectivity index (χ3n) is 23.9. The zero-order valence-corrected chi connectivity index (χ0v) is 64.7. The van der Waals surface area contributed by atoms with Crippen molar-refractivity contribution in [3.63, 3.8) is 0 Å². The minimum Gasteiger partial charge on any atom is -0.309 e. The largest absolute Gasteiger partial charge is 0.309 e. The van der Waals surface area contributed by atoms with E-state index >= 15 is 0 Å². The molecule has 4 heterocycles. The molecular weight excluding hydrogens is 1430 g/mol. The van der Waals surface area contributed by atoms with Gasteiger partial charge in [0.1, 0.15) is 0 Å². The van der Waals surface area contributed by atoms with E-state index in [-0.39, 0.29) is 0 Å². The third-order valence-corrected chi connectivity index (χ3v) is 23.9. The Morgan fingerprint density at radius 3 is 0.483 bits per heavy atom. The Morgan fingerprint density at radius 1 is 0.0932 bits per heavy atom. The molecule has 0 amide bonds. The van der Waals surface area contributed by atoms with E-state index in [1.807, 2.05) is 0 Å². The predicted molar refractivity (Wildman–Crippen MR) is 499 cm³/mol. The van der Waals surface area contributed by atoms with Crippen molar-refractivity contribution >= 4 is 87.2 Å². The van der Waals surface area contributed by atoms with Crippen molar-refractivity contribution in [3.05, 3.63) is 461 Å². The lowest BCUT2D eigenvalue weighted by atomic mass is 9.92. The van der Waals surface area contributed by atoms with Crippen LogP contribution in [0.1, 0.15) is 0 Å². The van der Waals surface area contributed by atoms with Crippen LogP contribution >= 0.6 is 0 Å². The maximum absolute atomic E-state index is 2.41. The van der Waals surface area contributed by atoms with E-state index in [0.29, 0.717) is 0 Å². The van der Waals surface area contributed by atoms with Crippen LogP contribution in [0.2, 0.25) is 0 Å². The van der Waals surface area contributed by atoms with Gasteiger partial charge in [-0.1, -0.05) is 328 Å². The summed E-state index contributed by atoms with van der Waals surface area (Å²) in [6.45, 7) is 0. The van der Waals surface area contributed by atoms with Crippen molar-refractivity contribution in [2.45, 2.75) is 0 Å². The Labute approximate surface area is 684 Å². The lowest BCUT2D eigenvalue weighted by Crippen LogP contribution is -1.96. The van der Waals surface area contributed by atoms with Crippen molar-refractivity contribution in [1.82, 2.24) is 18.3 Å². The quantitative estimate of drug-likeness (QED) is 0.110. The van der Waals surface area contributed by atoms with Gasteiger partial charge in [0.05, 0.1) is 44.1 Å². The molecule has 552 valence electrons. The summed E-state index contributed by atoms with van der Waals surface area (Å²) >= 11 is 0. The number of aromatic nitrogens is 4. The van der Waals surface area contributed by atoms with Gasteiger partial charge >= 0.3 is 0 Å². The molecular formula is C114H76N4. The molecule has 118 heavy (non-hydrogen) atoms. The second-order valence-corrected chi connectivity index (χ2v) is 30.7. The van der Waals surface area contributed by atoms with Gasteiger partial charge in [-0.15, -0.1) is 0 Å². The monoisotopic (exact) mass is 1500 g/mol. The van der Waals surface area contributed by atoms with Gasteiger partial charge in [0, 0.05) is 65.8 Å². The van der Waals surface area contributed by atoms with Gasteiger partial charge < -0.3 is 18.3 Å². The second-order valence-electron chi connectivity index (χ2n) is 30.7. The summed E-state index contributed by atoms with van der Waals surface area (Å²) in [4.78, 5) is 0. The molecule has 4 nitrogen and oxygen atoms in total. The molecule has 0 atom stereocenters. The Kier molecular flexibility index (Phi) is 17.2. The summed E-state index contributed by atoms with van der Waals surface area (Å²) in [5, 5.41) is 10.0. The van der Waals surface area contributed by atoms with E-state index in [1.54, 1.807) is 0 Å². The first-order valence-electron chi connectivity index (χ1n) is 40.6. The summed E-state index contributed by atoms with van der Waals surface area (Å²) in [7, 11) is 0. The van der Waals surface area contributed by atoms with Crippen LogP contribution in [-0.2, 0) is 0 Å². The zero-order valence-electron chi connectivity index (χ0n) is 64.7. The SMILES string of the molecule is c1ccc(-c2ccc(-c3cc(-c4ccc(-c5ccccc5)cc4)cc(-c4ccc(-n5c6ccccc6c6cc(-n7c8ccccc8c8ccccc87)ccc65)cc4)c3)cc2)cc1.c1ccc(-c2ccc(-c3cc(-c4ccccc4)cc(-c4ccc(-n5c6ccccc6c6cc(-n7c8ccccc8c8ccccc87)ccc65)cc4)c3)cc2)cc1. The molecule has 0 aliphatic heterocycles. The highest BCUT2D eigenvalue weighted by molar-refractivity contribution is 6.14. The first-order valence-corrected chi connectivity index (χ1v) is 40.6. The van der Waals surface area contributed by atoms with Gasteiger partial charge in [0.2, 0.25) is 0 Å². The summed E-state index contributed by atoms with van der Waals surface area (Å²) in [6, 6.07) is 168. The topological polar surface area (TPSA) is 19.7 Å². The standard InChI is InChI=1S/C60H40N2.C54H36N2/c1-3-13-41(14-4-1)43-23-27-45(28-24-43)48-37-49(46-29-25-44(26-30-46)42-15-5-2-6-16-42)39-50(38-48)47-31-33-51(34-32-47)61-59-22-12-9-19-55(59)56-40-52(35-36-60(56)61)62-57-20-10-7-17-53(57)54-18-8-11-21-58(54)62;1-3-13-37(14-4-1)39-23-25-40(26-24-39)43-33-42(38-15-5-2-6-16-38)34-44(35-43)41-27-29-45(30-28-41)55-53-22-12-9-19-49(53)50-36-46(31-32-54(50)55)56-51-20-10-7-17-47(51)48-18-8-11-21-52(48)56/h1-40H;1-36H. The highest BCUT2D eigenvalue weighted by Crippen LogP contribution is 2.43. The summed E-state index contributed by atoms with van der Waals surface area (Å²) in [5.74, 6) is 0. The molecule has 4 heteroatoms. The van der Waals surface area contributed by atoms with Gasteiger partial charge in [0.25, 0.3) is 0 Å². The van der Waals surface area contributed by atoms with Crippen LogP contribution in [0.25, 0.3) is 210 Å². The minimum absolute atomic E-state index is 1.13. The lowest BCUT2D eigenvalue weighted by Gasteiger charge is -2.14. The fraction of sp³-hybridized carbons (Fsp3) is 0. The van der Waals surface area contributed by atoms with Crippen LogP contribution in [0.4, 0.5) is 0 Å². The average Bonchev–Trinajstić information content (AvgIpc) is 1.57. The van der Waals surface area contributed by atoms with Gasteiger partial charge in [-0.3, -0.25) is 0 Å². The predicted octanol–water partition coefficient (Wildman–Crippen LogP) is 30.8. The first kappa shape index (κ1) is 69.1. The Bertz CT molecular complexity index is 7500. The third kappa shape index (κ3) is 12.4. The van der Waals surface area contributed by atoms with E-state index in [0.717, 1.165) is 22.7 Å². The molecule has 19 aromatic carbocycles. The molecule has 0 N–H and O–H groups in total.